The van der Waals surface area contributed by atoms with E-state index in [-0.39, 0.29) is 5.91 Å². The first kappa shape index (κ1) is 19.9. The highest BCUT2D eigenvalue weighted by Gasteiger charge is 2.23. The molecule has 148 valence electrons. The van der Waals surface area contributed by atoms with Gasteiger partial charge in [0.25, 0.3) is 5.91 Å². The van der Waals surface area contributed by atoms with Crippen molar-refractivity contribution >= 4 is 46.5 Å². The van der Waals surface area contributed by atoms with Crippen LogP contribution in [-0.4, -0.2) is 52.2 Å². The predicted molar refractivity (Wildman–Crippen MR) is 115 cm³/mol. The first-order chi connectivity index (χ1) is 14.0. The molecule has 1 aliphatic rings. The third-order valence-corrected chi connectivity index (χ3v) is 5.49. The van der Waals surface area contributed by atoms with E-state index in [4.69, 9.17) is 34.8 Å². The van der Waals surface area contributed by atoms with Crippen LogP contribution in [0.3, 0.4) is 0 Å². The van der Waals surface area contributed by atoms with Gasteiger partial charge in [0.2, 0.25) is 0 Å². The zero-order chi connectivity index (χ0) is 20.4. The molecule has 0 bridgehead atoms. The van der Waals surface area contributed by atoms with Gasteiger partial charge in [0, 0.05) is 43.0 Å². The summed E-state index contributed by atoms with van der Waals surface area (Å²) in [4.78, 5) is 20.5. The minimum Gasteiger partial charge on any atom is -0.352 e. The van der Waals surface area contributed by atoms with E-state index in [1.807, 2.05) is 18.2 Å². The lowest BCUT2D eigenvalue weighted by Gasteiger charge is -2.35. The van der Waals surface area contributed by atoms with E-state index in [1.165, 1.54) is 6.20 Å². The van der Waals surface area contributed by atoms with Crippen LogP contribution in [0.1, 0.15) is 10.4 Å². The molecule has 6 nitrogen and oxygen atoms in total. The first-order valence-electron chi connectivity index (χ1n) is 8.96. The van der Waals surface area contributed by atoms with Crippen LogP contribution in [0.15, 0.2) is 48.7 Å². The van der Waals surface area contributed by atoms with Gasteiger partial charge in [-0.3, -0.25) is 4.79 Å². The Bertz CT molecular complexity index is 1020. The molecule has 4 rings (SSSR count). The maximum Gasteiger partial charge on any atom is 0.255 e. The predicted octanol–water partition coefficient (Wildman–Crippen LogP) is 4.46. The Morgan fingerprint density at radius 3 is 2.31 bits per heavy atom. The van der Waals surface area contributed by atoms with Gasteiger partial charge < -0.3 is 9.80 Å². The maximum absolute atomic E-state index is 12.6. The van der Waals surface area contributed by atoms with Gasteiger partial charge in [0.05, 0.1) is 16.3 Å². The van der Waals surface area contributed by atoms with Crippen LogP contribution in [0.2, 0.25) is 15.2 Å². The van der Waals surface area contributed by atoms with Crippen LogP contribution in [0.4, 0.5) is 5.82 Å². The summed E-state index contributed by atoms with van der Waals surface area (Å²) in [7, 11) is 0. The lowest BCUT2D eigenvalue weighted by molar-refractivity contribution is 0.0746. The van der Waals surface area contributed by atoms with E-state index in [2.05, 4.69) is 20.1 Å². The van der Waals surface area contributed by atoms with Crippen molar-refractivity contribution in [3.8, 4) is 11.3 Å². The molecule has 0 unspecified atom stereocenters. The van der Waals surface area contributed by atoms with Crippen LogP contribution >= 0.6 is 34.8 Å². The number of hydrogen-bond acceptors (Lipinski definition) is 5. The van der Waals surface area contributed by atoms with Crippen molar-refractivity contribution in [3.63, 3.8) is 0 Å². The van der Waals surface area contributed by atoms with Gasteiger partial charge in [-0.05, 0) is 42.5 Å². The first-order valence-corrected chi connectivity index (χ1v) is 10.1. The number of carbonyl (C=O) groups excluding carboxylic acids is 1. The highest BCUT2D eigenvalue weighted by Crippen LogP contribution is 2.29. The number of piperazine rings is 1. The Morgan fingerprint density at radius 1 is 0.897 bits per heavy atom. The molecule has 1 fully saturated rings. The molecule has 9 heteroatoms. The van der Waals surface area contributed by atoms with E-state index in [9.17, 15) is 4.79 Å². The minimum absolute atomic E-state index is 0.0485. The second kappa shape index (κ2) is 8.53. The second-order valence-electron chi connectivity index (χ2n) is 6.55. The fourth-order valence-corrected chi connectivity index (χ4v) is 3.78. The quantitative estimate of drug-likeness (QED) is 0.554. The summed E-state index contributed by atoms with van der Waals surface area (Å²) in [6, 6.07) is 12.4. The van der Waals surface area contributed by atoms with Gasteiger partial charge >= 0.3 is 0 Å². The van der Waals surface area contributed by atoms with E-state index < -0.39 is 0 Å². The molecule has 2 aromatic heterocycles. The molecule has 0 N–H and O–H groups in total. The Morgan fingerprint density at radius 2 is 1.69 bits per heavy atom. The normalized spacial score (nSPS) is 14.2. The van der Waals surface area contributed by atoms with Crippen molar-refractivity contribution in [2.45, 2.75) is 0 Å². The van der Waals surface area contributed by atoms with Gasteiger partial charge in [-0.2, -0.15) is 0 Å². The second-order valence-corrected chi connectivity index (χ2v) is 7.78. The number of halogens is 3. The van der Waals surface area contributed by atoms with Crippen molar-refractivity contribution in [1.82, 2.24) is 20.1 Å². The van der Waals surface area contributed by atoms with E-state index >= 15 is 0 Å². The number of anilines is 1. The molecule has 0 spiro atoms. The molecule has 1 saturated heterocycles. The average Bonchev–Trinajstić information content (AvgIpc) is 2.74. The zero-order valence-electron chi connectivity index (χ0n) is 15.2. The average molecular weight is 449 g/mol. The molecule has 0 radical (unpaired) electrons. The summed E-state index contributed by atoms with van der Waals surface area (Å²) in [6.45, 7) is 2.52. The number of benzene rings is 1. The number of nitrogens with zero attached hydrogens (tertiary/aromatic N) is 5. The maximum atomic E-state index is 12.6. The van der Waals surface area contributed by atoms with Crippen LogP contribution < -0.4 is 4.90 Å². The Labute approximate surface area is 183 Å². The minimum atomic E-state index is -0.0485. The molecule has 0 atom stereocenters. The van der Waals surface area contributed by atoms with Crippen LogP contribution in [-0.2, 0) is 0 Å². The van der Waals surface area contributed by atoms with Crippen LogP contribution in [0, 0.1) is 0 Å². The zero-order valence-corrected chi connectivity index (χ0v) is 17.5. The number of rotatable bonds is 3. The Kier molecular flexibility index (Phi) is 5.85. The Balaban J connectivity index is 1.41. The lowest BCUT2D eigenvalue weighted by atomic mass is 10.1. The lowest BCUT2D eigenvalue weighted by Crippen LogP contribution is -2.49. The molecule has 3 heterocycles. The largest absolute Gasteiger partial charge is 0.352 e. The number of pyridine rings is 1. The fraction of sp³-hybridized carbons (Fsp3) is 0.200. The van der Waals surface area contributed by atoms with E-state index in [0.29, 0.717) is 52.6 Å². The molecular formula is C20H16Cl3N5O. The van der Waals surface area contributed by atoms with Gasteiger partial charge in [-0.1, -0.05) is 34.8 Å². The third-order valence-electron chi connectivity index (χ3n) is 4.72. The summed E-state index contributed by atoms with van der Waals surface area (Å²) >= 11 is 18.0. The molecule has 3 aromatic rings. The van der Waals surface area contributed by atoms with Crippen molar-refractivity contribution in [3.05, 3.63) is 69.4 Å². The van der Waals surface area contributed by atoms with Crippen molar-refractivity contribution in [2.24, 2.45) is 0 Å². The summed E-state index contributed by atoms with van der Waals surface area (Å²) in [5, 5.41) is 10.1. The van der Waals surface area contributed by atoms with Crippen LogP contribution in [0.25, 0.3) is 11.3 Å². The van der Waals surface area contributed by atoms with E-state index in [0.717, 1.165) is 11.4 Å². The topological polar surface area (TPSA) is 62.2 Å². The number of hydrogen-bond donors (Lipinski definition) is 0. The summed E-state index contributed by atoms with van der Waals surface area (Å²) < 4.78 is 0. The van der Waals surface area contributed by atoms with Gasteiger partial charge in [0.1, 0.15) is 5.15 Å². The van der Waals surface area contributed by atoms with Crippen molar-refractivity contribution < 1.29 is 4.79 Å². The molecule has 29 heavy (non-hydrogen) atoms. The van der Waals surface area contributed by atoms with Gasteiger partial charge in [-0.25, -0.2) is 4.98 Å². The number of amides is 1. The fourth-order valence-electron chi connectivity index (χ4n) is 3.16. The summed E-state index contributed by atoms with van der Waals surface area (Å²) in [5.41, 5.74) is 1.99. The number of carbonyl (C=O) groups is 1. The molecule has 0 aliphatic carbocycles. The molecule has 1 aromatic carbocycles. The van der Waals surface area contributed by atoms with Crippen molar-refractivity contribution in [1.29, 1.82) is 0 Å². The molecular weight excluding hydrogens is 433 g/mol. The smallest absolute Gasteiger partial charge is 0.255 e. The summed E-state index contributed by atoms with van der Waals surface area (Å²) in [5.74, 6) is 0.715. The van der Waals surface area contributed by atoms with Gasteiger partial charge in [0.15, 0.2) is 5.82 Å². The third kappa shape index (κ3) is 4.45. The van der Waals surface area contributed by atoms with Crippen LogP contribution in [0.5, 0.6) is 0 Å². The molecule has 1 amide bonds. The highest BCUT2D eigenvalue weighted by molar-refractivity contribution is 6.36. The highest BCUT2D eigenvalue weighted by atomic mass is 35.5. The molecule has 0 saturated carbocycles. The number of aromatic nitrogens is 3. The standard InChI is InChI=1S/C20H16Cl3N5O/c21-14-2-3-15(16(22)11-14)17-4-6-19(26-25-17)27-7-9-28(10-8-27)20(29)13-1-5-18(23)24-12-13/h1-6,11-12H,7-10H2. The van der Waals surface area contributed by atoms with Gasteiger partial charge in [-0.15, -0.1) is 10.2 Å². The van der Waals surface area contributed by atoms with Crippen molar-refractivity contribution in [2.75, 3.05) is 31.1 Å². The van der Waals surface area contributed by atoms with E-state index in [1.54, 1.807) is 29.2 Å². The Hall–Kier alpha value is -2.41. The monoisotopic (exact) mass is 447 g/mol. The molecule has 1 aliphatic heterocycles. The summed E-state index contributed by atoms with van der Waals surface area (Å²) in [6.07, 6.45) is 1.50. The SMILES string of the molecule is O=C(c1ccc(Cl)nc1)N1CCN(c2ccc(-c3ccc(Cl)cc3Cl)nn2)CC1.